The van der Waals surface area contributed by atoms with Crippen LogP contribution in [-0.2, 0) is 18.9 Å². The van der Waals surface area contributed by atoms with E-state index in [-0.39, 0.29) is 12.2 Å². The van der Waals surface area contributed by atoms with Crippen molar-refractivity contribution in [2.45, 2.75) is 5.92 Å². The maximum Gasteiger partial charge on any atom is 0.328 e. The summed E-state index contributed by atoms with van der Waals surface area (Å²) in [6.45, 7) is -0.00245. The van der Waals surface area contributed by atoms with Gasteiger partial charge in [0.05, 0.1) is 17.0 Å². The van der Waals surface area contributed by atoms with Crippen molar-refractivity contribution in [3.05, 3.63) is 34.2 Å². The highest BCUT2D eigenvalue weighted by atomic mass is 16.4. The monoisotopic (exact) mass is 249 g/mol. The highest BCUT2D eigenvalue weighted by Crippen LogP contribution is 2.24. The van der Waals surface area contributed by atoms with E-state index in [2.05, 4.69) is 0 Å². The fourth-order valence-electron chi connectivity index (χ4n) is 2.25. The number of nitrogens with zero attached hydrogens (tertiary/aromatic N) is 2. The Morgan fingerprint density at radius 1 is 1.39 bits per heavy atom. The van der Waals surface area contributed by atoms with Crippen molar-refractivity contribution in [2.24, 2.45) is 19.8 Å². The second-order valence-electron chi connectivity index (χ2n) is 4.24. The number of nitrogens with two attached hydrogens (primary N) is 1. The molecule has 0 aliphatic carbocycles. The summed E-state index contributed by atoms with van der Waals surface area (Å²) < 4.78 is 2.95. The molecule has 1 unspecified atom stereocenters. The zero-order chi connectivity index (χ0) is 13.4. The Labute approximate surface area is 103 Å². The Morgan fingerprint density at radius 2 is 2.06 bits per heavy atom. The van der Waals surface area contributed by atoms with Crippen molar-refractivity contribution in [2.75, 3.05) is 6.54 Å². The van der Waals surface area contributed by atoms with E-state index >= 15 is 0 Å². The van der Waals surface area contributed by atoms with Gasteiger partial charge in [-0.05, 0) is 11.6 Å². The van der Waals surface area contributed by atoms with E-state index in [1.54, 1.807) is 32.3 Å². The predicted octanol–water partition coefficient (Wildman–Crippen LogP) is 0.00390. The van der Waals surface area contributed by atoms with Crippen molar-refractivity contribution < 1.29 is 9.90 Å². The van der Waals surface area contributed by atoms with Gasteiger partial charge in [-0.25, -0.2) is 4.79 Å². The summed E-state index contributed by atoms with van der Waals surface area (Å²) in [7, 11) is 3.29. The van der Waals surface area contributed by atoms with Crippen molar-refractivity contribution in [1.29, 1.82) is 0 Å². The molecule has 0 spiro atoms. The number of para-hydroxylation sites is 1. The Morgan fingerprint density at radius 3 is 2.61 bits per heavy atom. The van der Waals surface area contributed by atoms with Crippen molar-refractivity contribution in [3.63, 3.8) is 0 Å². The lowest BCUT2D eigenvalue weighted by Gasteiger charge is -2.12. The van der Waals surface area contributed by atoms with E-state index in [0.717, 1.165) is 0 Å². The van der Waals surface area contributed by atoms with Crippen LogP contribution < -0.4 is 11.4 Å². The zero-order valence-electron chi connectivity index (χ0n) is 10.3. The van der Waals surface area contributed by atoms with E-state index in [0.29, 0.717) is 16.6 Å². The number of carboxylic acid groups (broad SMARTS) is 1. The van der Waals surface area contributed by atoms with E-state index in [9.17, 15) is 14.7 Å². The molecule has 3 N–H and O–H groups in total. The third-order valence-corrected chi connectivity index (χ3v) is 3.23. The van der Waals surface area contributed by atoms with Crippen LogP contribution in [0.4, 0.5) is 0 Å². The molecule has 1 aromatic heterocycles. The molecule has 0 fully saturated rings. The quantitative estimate of drug-likeness (QED) is 0.801. The molecule has 0 saturated heterocycles. The van der Waals surface area contributed by atoms with Crippen LogP contribution in [0.25, 0.3) is 11.0 Å². The van der Waals surface area contributed by atoms with Crippen LogP contribution >= 0.6 is 0 Å². The van der Waals surface area contributed by atoms with Gasteiger partial charge in [0, 0.05) is 20.6 Å². The average molecular weight is 249 g/mol. The molecular weight excluding hydrogens is 234 g/mol. The van der Waals surface area contributed by atoms with Gasteiger partial charge < -0.3 is 10.8 Å². The Bertz CT molecular complexity index is 669. The average Bonchev–Trinajstić information content (AvgIpc) is 2.56. The van der Waals surface area contributed by atoms with Gasteiger partial charge in [-0.15, -0.1) is 0 Å². The number of hydrogen-bond donors (Lipinski definition) is 2. The lowest BCUT2D eigenvalue weighted by molar-refractivity contribution is -0.138. The van der Waals surface area contributed by atoms with Crippen LogP contribution in [0.5, 0.6) is 0 Å². The molecule has 0 bridgehead atoms. The van der Waals surface area contributed by atoms with Crippen molar-refractivity contribution >= 4 is 17.0 Å². The number of hydrogen-bond acceptors (Lipinski definition) is 3. The minimum atomic E-state index is -0.985. The zero-order valence-corrected chi connectivity index (χ0v) is 10.3. The van der Waals surface area contributed by atoms with E-state index in [4.69, 9.17) is 5.73 Å². The molecule has 0 aliphatic heterocycles. The number of aryl methyl sites for hydroxylation is 2. The number of imidazole rings is 1. The van der Waals surface area contributed by atoms with Crippen LogP contribution in [0.1, 0.15) is 11.5 Å². The summed E-state index contributed by atoms with van der Waals surface area (Å²) >= 11 is 0. The van der Waals surface area contributed by atoms with Gasteiger partial charge >= 0.3 is 11.7 Å². The first kappa shape index (κ1) is 12.4. The first-order valence-electron chi connectivity index (χ1n) is 5.56. The van der Waals surface area contributed by atoms with Crippen LogP contribution in [0.3, 0.4) is 0 Å². The normalized spacial score (nSPS) is 12.8. The van der Waals surface area contributed by atoms with Gasteiger partial charge in [0.25, 0.3) is 0 Å². The second-order valence-corrected chi connectivity index (χ2v) is 4.24. The van der Waals surface area contributed by atoms with E-state index in [1.807, 2.05) is 0 Å². The van der Waals surface area contributed by atoms with E-state index < -0.39 is 11.9 Å². The van der Waals surface area contributed by atoms with Gasteiger partial charge in [-0.1, -0.05) is 12.1 Å². The summed E-state index contributed by atoms with van der Waals surface area (Å²) in [4.78, 5) is 23.1. The molecule has 1 atom stereocenters. The summed E-state index contributed by atoms with van der Waals surface area (Å²) in [6.07, 6.45) is 0. The van der Waals surface area contributed by atoms with E-state index in [1.165, 1.54) is 9.13 Å². The molecule has 2 aromatic rings. The van der Waals surface area contributed by atoms with Crippen LogP contribution in [0, 0.1) is 0 Å². The number of benzene rings is 1. The second kappa shape index (κ2) is 4.30. The number of aliphatic carboxylic acids is 1. The van der Waals surface area contributed by atoms with Gasteiger partial charge in [-0.3, -0.25) is 13.9 Å². The first-order chi connectivity index (χ1) is 8.49. The molecule has 2 rings (SSSR count). The first-order valence-corrected chi connectivity index (χ1v) is 5.56. The smallest absolute Gasteiger partial charge is 0.328 e. The van der Waals surface area contributed by atoms with Gasteiger partial charge in [0.15, 0.2) is 0 Å². The lowest BCUT2D eigenvalue weighted by Crippen LogP contribution is -2.23. The molecule has 0 saturated carbocycles. The molecule has 6 nitrogen and oxygen atoms in total. The number of aromatic nitrogens is 2. The highest BCUT2D eigenvalue weighted by molar-refractivity contribution is 5.87. The lowest BCUT2D eigenvalue weighted by atomic mass is 9.98. The largest absolute Gasteiger partial charge is 0.481 e. The van der Waals surface area contributed by atoms with Crippen molar-refractivity contribution in [3.8, 4) is 0 Å². The van der Waals surface area contributed by atoms with Gasteiger partial charge in [0.2, 0.25) is 0 Å². The number of rotatable bonds is 3. The number of fused-ring (bicyclic) bond motifs is 1. The van der Waals surface area contributed by atoms with Crippen LogP contribution in [0.15, 0.2) is 23.0 Å². The minimum Gasteiger partial charge on any atom is -0.481 e. The molecule has 0 radical (unpaired) electrons. The summed E-state index contributed by atoms with van der Waals surface area (Å²) in [5.41, 5.74) is 7.24. The third-order valence-electron chi connectivity index (χ3n) is 3.23. The SMILES string of the molecule is Cn1c(=O)n(C)c2c(C(CN)C(=O)O)cccc21. The standard InChI is InChI=1S/C12H15N3O3/c1-14-9-5-3-4-7(8(6-13)11(16)17)10(9)15(2)12(14)18/h3-5,8H,6,13H2,1-2H3,(H,16,17). The summed E-state index contributed by atoms with van der Waals surface area (Å²) in [5.74, 6) is -1.79. The van der Waals surface area contributed by atoms with Crippen LogP contribution in [-0.4, -0.2) is 26.8 Å². The molecule has 6 heteroatoms. The van der Waals surface area contributed by atoms with Gasteiger partial charge in [0.1, 0.15) is 0 Å². The number of carbonyl (C=O) groups is 1. The highest BCUT2D eigenvalue weighted by Gasteiger charge is 2.23. The molecule has 96 valence electrons. The maximum absolute atomic E-state index is 11.9. The minimum absolute atomic E-state index is 0.00245. The van der Waals surface area contributed by atoms with Crippen LogP contribution in [0.2, 0.25) is 0 Å². The molecule has 0 amide bonds. The topological polar surface area (TPSA) is 90.3 Å². The fraction of sp³-hybridized carbons (Fsp3) is 0.333. The predicted molar refractivity (Wildman–Crippen MR) is 67.6 cm³/mol. The molecule has 0 aliphatic rings. The third kappa shape index (κ3) is 1.62. The van der Waals surface area contributed by atoms with Gasteiger partial charge in [-0.2, -0.15) is 0 Å². The Balaban J connectivity index is 2.84. The summed E-state index contributed by atoms with van der Waals surface area (Å²) in [6, 6.07) is 5.23. The molecular formula is C12H15N3O3. The number of carboxylic acids is 1. The summed E-state index contributed by atoms with van der Waals surface area (Å²) in [5, 5.41) is 9.18. The Hall–Kier alpha value is -2.08. The molecule has 1 aromatic carbocycles. The maximum atomic E-state index is 11.9. The molecule has 18 heavy (non-hydrogen) atoms. The van der Waals surface area contributed by atoms with Crippen molar-refractivity contribution in [1.82, 2.24) is 9.13 Å². The molecule has 1 heterocycles. The fourth-order valence-corrected chi connectivity index (χ4v) is 2.25. The Kier molecular flexibility index (Phi) is 2.96.